The van der Waals surface area contributed by atoms with Gasteiger partial charge in [-0.25, -0.2) is 9.78 Å². The second-order valence-corrected chi connectivity index (χ2v) is 7.22. The first kappa shape index (κ1) is 15.6. The number of nitrogens with one attached hydrogen (secondary N) is 1. The number of rotatable bonds is 2. The van der Waals surface area contributed by atoms with Crippen molar-refractivity contribution in [3.8, 4) is 0 Å². The van der Waals surface area contributed by atoms with Gasteiger partial charge in [-0.1, -0.05) is 0 Å². The zero-order valence-corrected chi connectivity index (χ0v) is 13.8. The Morgan fingerprint density at radius 1 is 1.55 bits per heavy atom. The van der Waals surface area contributed by atoms with Crippen LogP contribution >= 0.6 is 11.6 Å². The van der Waals surface area contributed by atoms with Crippen molar-refractivity contribution in [2.24, 2.45) is 0 Å². The van der Waals surface area contributed by atoms with Crippen molar-refractivity contribution in [3.05, 3.63) is 11.0 Å². The van der Waals surface area contributed by atoms with Crippen LogP contribution < -0.4 is 5.32 Å². The number of fused-ring (bicyclic) bond motifs is 1. The average Bonchev–Trinajstić information content (AvgIpc) is 2.88. The van der Waals surface area contributed by atoms with Gasteiger partial charge in [0.05, 0.1) is 7.11 Å². The first-order chi connectivity index (χ1) is 10.6. The molecule has 2 N–H and O–H groups in total. The number of methoxy groups -OCH3 is 1. The molecule has 1 fully saturated rings. The smallest absolute Gasteiger partial charge is 0.409 e. The highest BCUT2D eigenvalue weighted by molar-refractivity contribution is 7.92. The molecule has 3 heterocycles. The second-order valence-electron chi connectivity index (χ2n) is 5.34. The molecule has 3 rings (SSSR count). The topological polar surface area (TPSA) is 87.6 Å². The van der Waals surface area contributed by atoms with E-state index in [1.54, 1.807) is 4.90 Å². The van der Waals surface area contributed by atoms with Gasteiger partial charge in [0.2, 0.25) is 5.28 Å². The molecule has 1 aromatic heterocycles. The minimum absolute atomic E-state index is 0.0560. The molecule has 1 aromatic rings. The SMILES string of the molecule is COC(=O)N1CCC[C@H](Nc2nc(Cl)nc3c2[S+](O)CC3)C1. The third kappa shape index (κ3) is 3.09. The maximum Gasteiger partial charge on any atom is 0.409 e. The van der Waals surface area contributed by atoms with Crippen LogP contribution in [0.4, 0.5) is 10.6 Å². The summed E-state index contributed by atoms with van der Waals surface area (Å²) >= 11 is 5.13. The van der Waals surface area contributed by atoms with E-state index in [0.29, 0.717) is 31.1 Å². The number of ether oxygens (including phenoxy) is 1. The summed E-state index contributed by atoms with van der Waals surface area (Å²) in [6, 6.07) is 0.0560. The fourth-order valence-electron chi connectivity index (χ4n) is 2.86. The Morgan fingerprint density at radius 2 is 2.36 bits per heavy atom. The molecule has 1 unspecified atom stereocenters. The number of hydrogen-bond donors (Lipinski definition) is 2. The molecule has 1 amide bonds. The third-order valence-corrected chi connectivity index (χ3v) is 5.53. The number of amides is 1. The van der Waals surface area contributed by atoms with E-state index in [1.165, 1.54) is 7.11 Å². The molecule has 2 aliphatic rings. The zero-order valence-electron chi connectivity index (χ0n) is 12.2. The molecule has 120 valence electrons. The van der Waals surface area contributed by atoms with Gasteiger partial charge >= 0.3 is 6.09 Å². The van der Waals surface area contributed by atoms with Crippen LogP contribution in [-0.4, -0.2) is 57.5 Å². The number of piperidine rings is 1. The quantitative estimate of drug-likeness (QED) is 0.627. The number of hydrogen-bond acceptors (Lipinski definition) is 6. The summed E-state index contributed by atoms with van der Waals surface area (Å²) in [4.78, 5) is 22.5. The van der Waals surface area contributed by atoms with Gasteiger partial charge in [-0.2, -0.15) is 9.54 Å². The van der Waals surface area contributed by atoms with Crippen molar-refractivity contribution in [3.63, 3.8) is 0 Å². The zero-order chi connectivity index (χ0) is 15.7. The van der Waals surface area contributed by atoms with E-state index in [1.807, 2.05) is 0 Å². The number of carbonyl (C=O) groups excluding carboxylic acids is 1. The molecular weight excluding hydrogens is 328 g/mol. The Kier molecular flexibility index (Phi) is 4.60. The summed E-state index contributed by atoms with van der Waals surface area (Å²) in [5.41, 5.74) is 0.814. The summed E-state index contributed by atoms with van der Waals surface area (Å²) in [5.74, 6) is 1.26. The van der Waals surface area contributed by atoms with Crippen LogP contribution in [0.3, 0.4) is 0 Å². The van der Waals surface area contributed by atoms with Gasteiger partial charge in [-0.3, -0.25) is 0 Å². The van der Waals surface area contributed by atoms with Crippen LogP contribution in [0, 0.1) is 0 Å². The predicted molar refractivity (Wildman–Crippen MR) is 84.5 cm³/mol. The van der Waals surface area contributed by atoms with Gasteiger partial charge in [-0.15, -0.1) is 0 Å². The lowest BCUT2D eigenvalue weighted by Gasteiger charge is -2.32. The van der Waals surface area contributed by atoms with Crippen molar-refractivity contribution in [2.75, 3.05) is 31.3 Å². The Bertz CT molecular complexity index is 589. The van der Waals surface area contributed by atoms with Crippen LogP contribution in [0.25, 0.3) is 0 Å². The minimum Gasteiger partial charge on any atom is -0.453 e. The Labute approximate surface area is 136 Å². The molecule has 0 aromatic carbocycles. The molecule has 2 atom stereocenters. The average molecular weight is 346 g/mol. The summed E-state index contributed by atoms with van der Waals surface area (Å²) in [6.45, 7) is 1.24. The van der Waals surface area contributed by atoms with Crippen molar-refractivity contribution in [1.82, 2.24) is 14.9 Å². The lowest BCUT2D eigenvalue weighted by molar-refractivity contribution is 0.113. The monoisotopic (exact) mass is 345 g/mol. The molecule has 2 aliphatic heterocycles. The van der Waals surface area contributed by atoms with E-state index >= 15 is 0 Å². The highest BCUT2D eigenvalue weighted by atomic mass is 35.5. The Hall–Kier alpha value is -1.25. The summed E-state index contributed by atoms with van der Waals surface area (Å²) in [5, 5.41) is 3.50. The molecule has 22 heavy (non-hydrogen) atoms. The number of aryl methyl sites for hydroxylation is 1. The molecule has 0 radical (unpaired) electrons. The molecule has 7 nitrogen and oxygen atoms in total. The van der Waals surface area contributed by atoms with Crippen LogP contribution in [0.15, 0.2) is 4.90 Å². The van der Waals surface area contributed by atoms with E-state index in [0.717, 1.165) is 23.4 Å². The lowest BCUT2D eigenvalue weighted by atomic mass is 10.1. The van der Waals surface area contributed by atoms with E-state index in [4.69, 9.17) is 16.3 Å². The molecule has 1 saturated heterocycles. The van der Waals surface area contributed by atoms with Crippen LogP contribution in [0.1, 0.15) is 18.5 Å². The van der Waals surface area contributed by atoms with E-state index < -0.39 is 11.2 Å². The number of likely N-dealkylation sites (tertiary alicyclic amines) is 1. The normalized spacial score (nSPS) is 24.0. The third-order valence-electron chi connectivity index (χ3n) is 3.87. The number of halogens is 1. The molecular formula is C13H18ClN4O3S+. The maximum atomic E-state index is 11.6. The first-order valence-electron chi connectivity index (χ1n) is 7.14. The largest absolute Gasteiger partial charge is 0.453 e. The van der Waals surface area contributed by atoms with Gasteiger partial charge < -0.3 is 15.0 Å². The summed E-state index contributed by atoms with van der Waals surface area (Å²) in [7, 11) is 1.38. The number of carbonyl (C=O) groups is 1. The van der Waals surface area contributed by atoms with Gasteiger partial charge in [0.15, 0.2) is 22.7 Å². The minimum atomic E-state index is -0.842. The molecule has 0 bridgehead atoms. The van der Waals surface area contributed by atoms with Crippen molar-refractivity contribution in [2.45, 2.75) is 30.2 Å². The predicted octanol–water partition coefficient (Wildman–Crippen LogP) is 1.78. The highest BCUT2D eigenvalue weighted by Gasteiger charge is 2.38. The van der Waals surface area contributed by atoms with Gasteiger partial charge in [-0.05, 0) is 24.4 Å². The Balaban J connectivity index is 1.77. The molecule has 9 heteroatoms. The Morgan fingerprint density at radius 3 is 3.14 bits per heavy atom. The molecule has 0 aliphatic carbocycles. The van der Waals surface area contributed by atoms with E-state index in [-0.39, 0.29) is 17.4 Å². The maximum absolute atomic E-state index is 11.6. The second kappa shape index (κ2) is 6.47. The molecule has 0 saturated carbocycles. The number of aromatic nitrogens is 2. The first-order valence-corrected chi connectivity index (χ1v) is 8.87. The number of nitrogens with zero attached hydrogens (tertiary/aromatic N) is 3. The van der Waals surface area contributed by atoms with E-state index in [2.05, 4.69) is 15.3 Å². The van der Waals surface area contributed by atoms with Crippen LogP contribution in [0.2, 0.25) is 5.28 Å². The standard InChI is InChI=1S/C13H18ClN4O3S/c1-21-13(19)18-5-2-3-8(7-18)15-11-10-9(4-6-22(10)20)16-12(14)17-11/h8,20H,2-7H2,1H3,(H,15,16,17)/q+1/t8-,22?/m0/s1. The van der Waals surface area contributed by atoms with E-state index in [9.17, 15) is 9.35 Å². The van der Waals surface area contributed by atoms with Crippen molar-refractivity contribution >= 4 is 34.7 Å². The van der Waals surface area contributed by atoms with Crippen molar-refractivity contribution < 1.29 is 14.1 Å². The number of anilines is 1. The summed E-state index contributed by atoms with van der Waals surface area (Å²) in [6.07, 6.45) is 2.20. The van der Waals surface area contributed by atoms with Gasteiger partial charge in [0, 0.05) is 25.6 Å². The van der Waals surface area contributed by atoms with Gasteiger partial charge in [0.1, 0.15) is 5.69 Å². The summed E-state index contributed by atoms with van der Waals surface area (Å²) < 4.78 is 14.9. The van der Waals surface area contributed by atoms with Crippen molar-refractivity contribution in [1.29, 1.82) is 0 Å². The van der Waals surface area contributed by atoms with Crippen LogP contribution in [-0.2, 0) is 22.3 Å². The fourth-order valence-corrected chi connectivity index (χ4v) is 4.39. The lowest BCUT2D eigenvalue weighted by Crippen LogP contribution is -2.45. The highest BCUT2D eigenvalue weighted by Crippen LogP contribution is 2.32. The fraction of sp³-hybridized carbons (Fsp3) is 0.615. The van der Waals surface area contributed by atoms with Crippen LogP contribution in [0.5, 0.6) is 0 Å². The molecule has 0 spiro atoms. The van der Waals surface area contributed by atoms with Gasteiger partial charge in [0.25, 0.3) is 4.90 Å².